The molecule has 0 bridgehead atoms. The van der Waals surface area contributed by atoms with Gasteiger partial charge >= 0.3 is 0 Å². The Bertz CT molecular complexity index is 2170. The van der Waals surface area contributed by atoms with E-state index in [0.717, 1.165) is 68.4 Å². The van der Waals surface area contributed by atoms with E-state index in [0.29, 0.717) is 11.8 Å². The molecule has 0 aliphatic rings. The summed E-state index contributed by atoms with van der Waals surface area (Å²) in [5, 5.41) is 3.73. The van der Waals surface area contributed by atoms with Crippen LogP contribution in [0.15, 0.2) is 120 Å². The van der Waals surface area contributed by atoms with Gasteiger partial charge in [-0.15, -0.1) is 48.0 Å². The van der Waals surface area contributed by atoms with Crippen molar-refractivity contribution in [3.63, 3.8) is 0 Å². The average Bonchev–Trinajstić information content (AvgIpc) is 3.48. The maximum absolute atomic E-state index is 6.35. The van der Waals surface area contributed by atoms with E-state index in [9.17, 15) is 0 Å². The third kappa shape index (κ3) is 8.58. The Morgan fingerprint density at radius 2 is 1.46 bits per heavy atom. The number of pyridine rings is 2. The van der Waals surface area contributed by atoms with Gasteiger partial charge in [0.05, 0.1) is 13.7 Å². The van der Waals surface area contributed by atoms with Crippen LogP contribution in [-0.4, -0.2) is 18.0 Å². The van der Waals surface area contributed by atoms with Crippen LogP contribution >= 0.6 is 0 Å². The fraction of sp³-hybridized carbons (Fsp3) is 0.244. The first-order valence-electron chi connectivity index (χ1n) is 17.4. The van der Waals surface area contributed by atoms with Gasteiger partial charge in [-0.3, -0.25) is 0 Å². The number of benzene rings is 4. The quantitative estimate of drug-likeness (QED) is 0.113. The molecule has 0 saturated carbocycles. The van der Waals surface area contributed by atoms with Crippen molar-refractivity contribution in [1.29, 1.82) is 0 Å². The number of nitrogens with zero attached hydrogens (tertiary/aromatic N) is 2. The molecule has 7 aromatic rings. The second-order valence-electron chi connectivity index (χ2n) is 14.7. The van der Waals surface area contributed by atoms with Crippen molar-refractivity contribution in [2.45, 2.75) is 60.2 Å². The van der Waals surface area contributed by atoms with Crippen LogP contribution < -0.4 is 5.19 Å². The van der Waals surface area contributed by atoms with E-state index < -0.39 is 8.07 Å². The second-order valence-corrected chi connectivity index (χ2v) is 19.8. The van der Waals surface area contributed by atoms with E-state index in [4.69, 9.17) is 4.42 Å². The first-order chi connectivity index (χ1) is 23.6. The maximum atomic E-state index is 6.35. The zero-order chi connectivity index (χ0) is 34.5. The summed E-state index contributed by atoms with van der Waals surface area (Å²) in [6.45, 7) is 16.2. The smallest absolute Gasteiger partial charge is 0.120 e. The molecule has 0 fully saturated rings. The van der Waals surface area contributed by atoms with E-state index in [2.05, 4.69) is 142 Å². The van der Waals surface area contributed by atoms with Crippen molar-refractivity contribution in [1.82, 2.24) is 9.97 Å². The number of hydrogen-bond acceptors (Lipinski definition) is 3. The number of furan rings is 1. The van der Waals surface area contributed by atoms with Gasteiger partial charge in [0, 0.05) is 37.9 Å². The van der Waals surface area contributed by atoms with Gasteiger partial charge in [-0.1, -0.05) is 136 Å². The topological polar surface area (TPSA) is 38.9 Å². The van der Waals surface area contributed by atoms with Crippen LogP contribution in [0.1, 0.15) is 38.8 Å². The molecule has 7 rings (SSSR count). The van der Waals surface area contributed by atoms with Gasteiger partial charge in [-0.2, -0.15) is 0 Å². The fourth-order valence-corrected chi connectivity index (χ4v) is 8.09. The molecule has 257 valence electrons. The zero-order valence-electron chi connectivity index (χ0n) is 30.2. The maximum Gasteiger partial charge on any atom is 0.120 e. The number of hydrogen-bond donors (Lipinski definition) is 0. The predicted octanol–water partition coefficient (Wildman–Crippen LogP) is 11.6. The standard InChI is InChI=1S/C27H22NO.C18H24NSi.Ir/c1-18(2)16-19-14-15-28-24(17-19)22-13-12-21(20-8-4-3-5-9-20)26-23-10-6-7-11-25(23)29-27(22)26;1-14(2)11-16-12-17(15-9-7-6-8-10-15)19-13-18(16)20(3,4)5;/h3-12,14-15,17-18H,16H2,1-2H3;6-9,12-14H,11H2,1-5H3;/q2*-1;. The van der Waals surface area contributed by atoms with Crippen molar-refractivity contribution in [3.05, 3.63) is 139 Å². The van der Waals surface area contributed by atoms with E-state index in [-0.39, 0.29) is 20.1 Å². The minimum Gasteiger partial charge on any atom is -0.501 e. The molecule has 1 radical (unpaired) electrons. The summed E-state index contributed by atoms with van der Waals surface area (Å²) in [5.74, 6) is 1.26. The summed E-state index contributed by atoms with van der Waals surface area (Å²) in [5.41, 5.74) is 10.7. The number of para-hydroxylation sites is 1. The van der Waals surface area contributed by atoms with E-state index >= 15 is 0 Å². The molecule has 3 heterocycles. The Labute approximate surface area is 312 Å². The van der Waals surface area contributed by atoms with Crippen molar-refractivity contribution >= 4 is 35.2 Å². The SMILES string of the molecule is CC(C)Cc1cc(-c2[c-]cccc2)ncc1[Si](C)(C)C.CC(C)Cc1ccnc(-c2[c-]cc(-c3ccccc3)c3c2oc2ccccc23)c1.[Ir]. The second kappa shape index (κ2) is 16.2. The molecule has 0 N–H and O–H groups in total. The van der Waals surface area contributed by atoms with Crippen LogP contribution in [0.5, 0.6) is 0 Å². The Morgan fingerprint density at radius 3 is 2.16 bits per heavy atom. The molecule has 3 nitrogen and oxygen atoms in total. The molecule has 0 aliphatic heterocycles. The van der Waals surface area contributed by atoms with Crippen LogP contribution in [0.25, 0.3) is 55.6 Å². The van der Waals surface area contributed by atoms with E-state index in [1.165, 1.54) is 16.3 Å². The Morgan fingerprint density at radius 1 is 0.740 bits per heavy atom. The normalized spacial score (nSPS) is 11.5. The summed E-state index contributed by atoms with van der Waals surface area (Å²) >= 11 is 0. The van der Waals surface area contributed by atoms with Gasteiger partial charge in [-0.25, -0.2) is 0 Å². The predicted molar refractivity (Wildman–Crippen MR) is 210 cm³/mol. The van der Waals surface area contributed by atoms with Crippen LogP contribution in [-0.2, 0) is 32.9 Å². The zero-order valence-corrected chi connectivity index (χ0v) is 33.6. The number of aromatic nitrogens is 2. The van der Waals surface area contributed by atoms with Crippen LogP contribution in [0.3, 0.4) is 0 Å². The van der Waals surface area contributed by atoms with Crippen LogP contribution in [0.2, 0.25) is 19.6 Å². The van der Waals surface area contributed by atoms with Crippen LogP contribution in [0, 0.1) is 24.0 Å². The van der Waals surface area contributed by atoms with Gasteiger partial charge in [0.2, 0.25) is 0 Å². The van der Waals surface area contributed by atoms with E-state index in [1.807, 2.05) is 42.6 Å². The van der Waals surface area contributed by atoms with Gasteiger partial charge in [0.15, 0.2) is 0 Å². The fourth-order valence-electron chi connectivity index (χ4n) is 6.50. The molecule has 3 aromatic heterocycles. The minimum absolute atomic E-state index is 0. The van der Waals surface area contributed by atoms with Gasteiger partial charge in [-0.05, 0) is 58.8 Å². The first kappa shape index (κ1) is 37.1. The molecule has 0 aliphatic carbocycles. The average molecular weight is 851 g/mol. The van der Waals surface area contributed by atoms with Gasteiger partial charge in [0.1, 0.15) is 5.58 Å². The molecule has 0 amide bonds. The largest absolute Gasteiger partial charge is 0.501 e. The molecular formula is C45H46IrN2OSi-2. The molecule has 4 aromatic carbocycles. The molecule has 50 heavy (non-hydrogen) atoms. The summed E-state index contributed by atoms with van der Waals surface area (Å²) in [6.07, 6.45) is 6.16. The Hall–Kier alpha value is -4.15. The third-order valence-electron chi connectivity index (χ3n) is 8.67. The molecule has 0 spiro atoms. The monoisotopic (exact) mass is 851 g/mol. The van der Waals surface area contributed by atoms with Crippen molar-refractivity contribution in [2.75, 3.05) is 0 Å². The third-order valence-corrected chi connectivity index (χ3v) is 10.7. The van der Waals surface area contributed by atoms with Crippen molar-refractivity contribution in [3.8, 4) is 33.6 Å². The van der Waals surface area contributed by atoms with Crippen molar-refractivity contribution < 1.29 is 24.5 Å². The molecule has 0 atom stereocenters. The molecule has 0 saturated heterocycles. The summed E-state index contributed by atoms with van der Waals surface area (Å²) in [6, 6.07) is 42.1. The molecular weight excluding hydrogens is 805 g/mol. The summed E-state index contributed by atoms with van der Waals surface area (Å²) in [4.78, 5) is 9.34. The Balaban J connectivity index is 0.000000204. The van der Waals surface area contributed by atoms with Gasteiger partial charge in [0.25, 0.3) is 0 Å². The molecule has 5 heteroatoms. The van der Waals surface area contributed by atoms with E-state index in [1.54, 1.807) is 0 Å². The summed E-state index contributed by atoms with van der Waals surface area (Å²) in [7, 11) is -1.34. The number of fused-ring (bicyclic) bond motifs is 3. The first-order valence-corrected chi connectivity index (χ1v) is 20.9. The Kier molecular flexibility index (Phi) is 12.1. The van der Waals surface area contributed by atoms with Crippen molar-refractivity contribution in [2.24, 2.45) is 11.8 Å². The minimum atomic E-state index is -1.34. The number of rotatable bonds is 8. The summed E-state index contributed by atoms with van der Waals surface area (Å²) < 4.78 is 6.35. The molecule has 0 unspecified atom stereocenters. The van der Waals surface area contributed by atoms with Crippen LogP contribution in [0.4, 0.5) is 0 Å². The van der Waals surface area contributed by atoms with Gasteiger partial charge < -0.3 is 14.4 Å².